The van der Waals surface area contributed by atoms with Gasteiger partial charge in [-0.1, -0.05) is 12.1 Å². The Bertz CT molecular complexity index is 395. The molecule has 0 saturated carbocycles. The zero-order valence-electron chi connectivity index (χ0n) is 9.72. The van der Waals surface area contributed by atoms with E-state index in [0.717, 1.165) is 12.1 Å². The highest BCUT2D eigenvalue weighted by Gasteiger charge is 2.59. The number of benzene rings is 1. The molecular formula is C11H11F6NO. The number of hydrogen-bond acceptors (Lipinski definition) is 2. The number of ether oxygens (including phenoxy) is 1. The molecule has 0 unspecified atom stereocenters. The van der Waals surface area contributed by atoms with Gasteiger partial charge in [-0.3, -0.25) is 0 Å². The van der Waals surface area contributed by atoms with Crippen molar-refractivity contribution in [2.45, 2.75) is 31.4 Å². The molecule has 1 aromatic rings. The van der Waals surface area contributed by atoms with Crippen molar-refractivity contribution < 1.29 is 31.1 Å². The number of halogens is 6. The van der Waals surface area contributed by atoms with Crippen molar-refractivity contribution in [2.75, 3.05) is 0 Å². The summed E-state index contributed by atoms with van der Waals surface area (Å²) in [5.74, 6) is -0.524. The molecule has 8 heteroatoms. The van der Waals surface area contributed by atoms with Crippen LogP contribution in [0.4, 0.5) is 26.3 Å². The zero-order chi connectivity index (χ0) is 14.8. The first-order chi connectivity index (χ1) is 8.51. The second-order valence-corrected chi connectivity index (χ2v) is 3.94. The fourth-order valence-electron chi connectivity index (χ4n) is 1.31. The molecule has 2 N–H and O–H groups in total. The predicted molar refractivity (Wildman–Crippen MR) is 55.6 cm³/mol. The van der Waals surface area contributed by atoms with E-state index in [0.29, 0.717) is 5.56 Å². The molecule has 0 fully saturated rings. The minimum Gasteiger partial charge on any atom is -0.471 e. The first kappa shape index (κ1) is 15.6. The van der Waals surface area contributed by atoms with E-state index in [1.807, 2.05) is 0 Å². The fourth-order valence-corrected chi connectivity index (χ4v) is 1.31. The first-order valence-electron chi connectivity index (χ1n) is 5.17. The Morgan fingerprint density at radius 3 is 1.68 bits per heavy atom. The van der Waals surface area contributed by atoms with Crippen molar-refractivity contribution in [2.24, 2.45) is 5.73 Å². The molecule has 2 nitrogen and oxygen atoms in total. The van der Waals surface area contributed by atoms with Gasteiger partial charge in [0.15, 0.2) is 0 Å². The Balaban J connectivity index is 2.92. The van der Waals surface area contributed by atoms with E-state index in [-0.39, 0.29) is 6.04 Å². The molecule has 0 aliphatic carbocycles. The average Bonchev–Trinajstić information content (AvgIpc) is 2.23. The number of hydrogen-bond donors (Lipinski definition) is 1. The SMILES string of the molecule is C[C@H](N)c1ccc(OC(C(F)(F)F)C(F)(F)F)cc1. The highest BCUT2D eigenvalue weighted by Crippen LogP contribution is 2.36. The molecular weight excluding hydrogens is 276 g/mol. The molecule has 0 saturated heterocycles. The highest BCUT2D eigenvalue weighted by molar-refractivity contribution is 5.29. The molecule has 0 amide bonds. The van der Waals surface area contributed by atoms with Crippen molar-refractivity contribution in [3.05, 3.63) is 29.8 Å². The van der Waals surface area contributed by atoms with Crippen LogP contribution in [-0.4, -0.2) is 18.5 Å². The highest BCUT2D eigenvalue weighted by atomic mass is 19.4. The maximum atomic E-state index is 12.2. The third kappa shape index (κ3) is 4.30. The quantitative estimate of drug-likeness (QED) is 0.862. The summed E-state index contributed by atoms with van der Waals surface area (Å²) in [5.41, 5.74) is 6.07. The van der Waals surface area contributed by atoms with Gasteiger partial charge >= 0.3 is 12.4 Å². The summed E-state index contributed by atoms with van der Waals surface area (Å²) < 4.78 is 77.5. The lowest BCUT2D eigenvalue weighted by atomic mass is 10.1. The lowest BCUT2D eigenvalue weighted by Gasteiger charge is -2.24. The van der Waals surface area contributed by atoms with Gasteiger partial charge in [-0.05, 0) is 24.6 Å². The molecule has 1 atom stereocenters. The zero-order valence-corrected chi connectivity index (χ0v) is 9.72. The van der Waals surface area contributed by atoms with E-state index in [9.17, 15) is 26.3 Å². The van der Waals surface area contributed by atoms with Crippen LogP contribution in [0.1, 0.15) is 18.5 Å². The van der Waals surface area contributed by atoms with Gasteiger partial charge in [-0.15, -0.1) is 0 Å². The summed E-state index contributed by atoms with van der Waals surface area (Å²) in [5, 5.41) is 0. The smallest absolute Gasteiger partial charge is 0.434 e. The summed E-state index contributed by atoms with van der Waals surface area (Å²) in [6, 6.07) is 4.27. The van der Waals surface area contributed by atoms with E-state index >= 15 is 0 Å². The fraction of sp³-hybridized carbons (Fsp3) is 0.455. The van der Waals surface area contributed by atoms with Crippen LogP contribution >= 0.6 is 0 Å². The van der Waals surface area contributed by atoms with E-state index in [1.165, 1.54) is 12.1 Å². The van der Waals surface area contributed by atoms with Crippen LogP contribution < -0.4 is 10.5 Å². The Morgan fingerprint density at radius 1 is 0.947 bits per heavy atom. The second kappa shape index (κ2) is 5.28. The number of rotatable bonds is 3. The standard InChI is InChI=1S/C11H11F6NO/c1-6(18)7-2-4-8(5-3-7)19-9(10(12,13)14)11(15,16)17/h2-6,9H,18H2,1H3/t6-/m0/s1. The minimum absolute atomic E-state index is 0.380. The molecule has 0 spiro atoms. The third-order valence-electron chi connectivity index (χ3n) is 2.25. The lowest BCUT2D eigenvalue weighted by molar-refractivity contribution is -0.299. The van der Waals surface area contributed by atoms with Gasteiger partial charge < -0.3 is 10.5 Å². The van der Waals surface area contributed by atoms with Gasteiger partial charge in [0.05, 0.1) is 0 Å². The van der Waals surface area contributed by atoms with E-state index in [4.69, 9.17) is 5.73 Å². The molecule has 0 radical (unpaired) electrons. The predicted octanol–water partition coefficient (Wildman–Crippen LogP) is 3.58. The molecule has 0 aliphatic heterocycles. The van der Waals surface area contributed by atoms with Crippen LogP contribution in [0.5, 0.6) is 5.75 Å². The van der Waals surface area contributed by atoms with Gasteiger partial charge in [-0.25, -0.2) is 0 Å². The lowest BCUT2D eigenvalue weighted by Crippen LogP contribution is -2.46. The molecule has 0 bridgehead atoms. The van der Waals surface area contributed by atoms with Gasteiger partial charge in [0.2, 0.25) is 0 Å². The van der Waals surface area contributed by atoms with Crippen LogP contribution in [0.3, 0.4) is 0 Å². The first-order valence-corrected chi connectivity index (χ1v) is 5.17. The summed E-state index contributed by atoms with van der Waals surface area (Å²) in [4.78, 5) is 0. The molecule has 1 aromatic carbocycles. The largest absolute Gasteiger partial charge is 0.471 e. The Kier molecular flexibility index (Phi) is 4.34. The molecule has 0 heterocycles. The Hall–Kier alpha value is -1.44. The van der Waals surface area contributed by atoms with Gasteiger partial charge in [0.25, 0.3) is 6.10 Å². The molecule has 108 valence electrons. The normalized spacial score (nSPS) is 14.6. The molecule has 1 rings (SSSR count). The molecule has 0 aromatic heterocycles. The van der Waals surface area contributed by atoms with Gasteiger partial charge in [0.1, 0.15) is 5.75 Å². The van der Waals surface area contributed by atoms with Crippen LogP contribution in [0.15, 0.2) is 24.3 Å². The minimum atomic E-state index is -5.53. The summed E-state index contributed by atoms with van der Waals surface area (Å²) in [7, 11) is 0. The average molecular weight is 287 g/mol. The van der Waals surface area contributed by atoms with Crippen LogP contribution in [0.2, 0.25) is 0 Å². The van der Waals surface area contributed by atoms with Crippen LogP contribution in [-0.2, 0) is 0 Å². The Morgan fingerprint density at radius 2 is 1.37 bits per heavy atom. The second-order valence-electron chi connectivity index (χ2n) is 3.94. The molecule has 0 aliphatic rings. The van der Waals surface area contributed by atoms with Crippen LogP contribution in [0, 0.1) is 0 Å². The number of nitrogens with two attached hydrogens (primary N) is 1. The maximum absolute atomic E-state index is 12.2. The van der Waals surface area contributed by atoms with Crippen molar-refractivity contribution in [1.82, 2.24) is 0 Å². The molecule has 19 heavy (non-hydrogen) atoms. The monoisotopic (exact) mass is 287 g/mol. The number of alkyl halides is 6. The summed E-state index contributed by atoms with van der Waals surface area (Å²) >= 11 is 0. The van der Waals surface area contributed by atoms with E-state index in [1.54, 1.807) is 6.92 Å². The van der Waals surface area contributed by atoms with Crippen molar-refractivity contribution in [3.63, 3.8) is 0 Å². The summed E-state index contributed by atoms with van der Waals surface area (Å²) in [6.45, 7) is 1.63. The van der Waals surface area contributed by atoms with Gasteiger partial charge in [-0.2, -0.15) is 26.3 Å². The topological polar surface area (TPSA) is 35.2 Å². The maximum Gasteiger partial charge on any atom is 0.434 e. The van der Waals surface area contributed by atoms with Crippen molar-refractivity contribution >= 4 is 0 Å². The van der Waals surface area contributed by atoms with Crippen molar-refractivity contribution in [3.8, 4) is 5.75 Å². The van der Waals surface area contributed by atoms with Gasteiger partial charge in [0, 0.05) is 6.04 Å². The Labute approximate surface area is 105 Å². The third-order valence-corrected chi connectivity index (χ3v) is 2.25. The van der Waals surface area contributed by atoms with Crippen molar-refractivity contribution in [1.29, 1.82) is 0 Å². The van der Waals surface area contributed by atoms with Crippen LogP contribution in [0.25, 0.3) is 0 Å². The van der Waals surface area contributed by atoms with E-state index < -0.39 is 24.2 Å². The van der Waals surface area contributed by atoms with E-state index in [2.05, 4.69) is 4.74 Å². The summed E-state index contributed by atoms with van der Waals surface area (Å²) in [6.07, 6.45) is -14.9.